The van der Waals surface area contributed by atoms with E-state index in [2.05, 4.69) is 11.9 Å². The Morgan fingerprint density at radius 3 is 2.18 bits per heavy atom. The highest BCUT2D eigenvalue weighted by molar-refractivity contribution is 6.31. The molecule has 28 heavy (non-hydrogen) atoms. The van der Waals surface area contributed by atoms with Crippen molar-refractivity contribution in [3.63, 3.8) is 0 Å². The molecule has 2 aromatic carbocycles. The summed E-state index contributed by atoms with van der Waals surface area (Å²) in [5.41, 5.74) is -0.0597. The Kier molecular flexibility index (Phi) is 6.52. The van der Waals surface area contributed by atoms with Crippen molar-refractivity contribution in [1.29, 1.82) is 0 Å². The third-order valence-corrected chi connectivity index (χ3v) is 4.31. The van der Waals surface area contributed by atoms with Gasteiger partial charge in [0.15, 0.2) is 0 Å². The molecule has 0 aliphatic carbocycles. The maximum Gasteiger partial charge on any atom is 0.258 e. The molecule has 3 nitrogen and oxygen atoms in total. The quantitative estimate of drug-likeness (QED) is 0.548. The van der Waals surface area contributed by atoms with Crippen molar-refractivity contribution >= 4 is 35.1 Å². The Balaban J connectivity index is 2.46. The van der Waals surface area contributed by atoms with Gasteiger partial charge in [-0.1, -0.05) is 51.1 Å². The maximum absolute atomic E-state index is 14.3. The maximum atomic E-state index is 14.3. The van der Waals surface area contributed by atoms with E-state index in [9.17, 15) is 18.4 Å². The van der Waals surface area contributed by atoms with E-state index in [-0.39, 0.29) is 16.7 Å². The van der Waals surface area contributed by atoms with Crippen LogP contribution in [0.5, 0.6) is 0 Å². The van der Waals surface area contributed by atoms with Gasteiger partial charge in [0, 0.05) is 22.2 Å². The van der Waals surface area contributed by atoms with Gasteiger partial charge in [0.25, 0.3) is 11.8 Å². The lowest BCUT2D eigenvalue weighted by Crippen LogP contribution is -2.35. The molecule has 0 bridgehead atoms. The van der Waals surface area contributed by atoms with Crippen molar-refractivity contribution in [2.24, 2.45) is 5.41 Å². The smallest absolute Gasteiger partial charge is 0.258 e. The van der Waals surface area contributed by atoms with Gasteiger partial charge >= 0.3 is 0 Å². The molecule has 0 heterocycles. The van der Waals surface area contributed by atoms with E-state index in [1.165, 1.54) is 6.08 Å². The molecule has 0 fully saturated rings. The summed E-state index contributed by atoms with van der Waals surface area (Å²) in [6, 6.07) is 9.34. The SMILES string of the molecule is C=C(C(=O)NC(=O)/C(=C/c1ccc(Cl)cc1)c1ccc(F)cc1F)C(C)(C)C. The van der Waals surface area contributed by atoms with Crippen molar-refractivity contribution < 1.29 is 18.4 Å². The molecule has 0 atom stereocenters. The van der Waals surface area contributed by atoms with Crippen molar-refractivity contribution in [1.82, 2.24) is 5.32 Å². The van der Waals surface area contributed by atoms with Crippen LogP contribution < -0.4 is 5.32 Å². The molecule has 1 N–H and O–H groups in total. The van der Waals surface area contributed by atoms with E-state index in [4.69, 9.17) is 11.6 Å². The number of imide groups is 1. The van der Waals surface area contributed by atoms with Crippen LogP contribution in [-0.4, -0.2) is 11.8 Å². The molecule has 0 aliphatic rings. The van der Waals surface area contributed by atoms with Gasteiger partial charge in [-0.05, 0) is 41.3 Å². The van der Waals surface area contributed by atoms with E-state index >= 15 is 0 Å². The summed E-state index contributed by atoms with van der Waals surface area (Å²) in [6.45, 7) is 9.06. The van der Waals surface area contributed by atoms with Crippen LogP contribution in [0.2, 0.25) is 5.02 Å². The molecule has 2 aromatic rings. The normalized spacial score (nSPS) is 11.9. The standard InChI is InChI=1S/C22H20ClF2NO2/c1-13(22(2,3)4)20(27)26-21(28)18(11-14-5-7-15(23)8-6-14)17-10-9-16(24)12-19(17)25/h5-12H,1H2,2-4H3,(H,26,27,28)/b18-11+. The molecule has 0 aromatic heterocycles. The van der Waals surface area contributed by atoms with Crippen molar-refractivity contribution in [2.45, 2.75) is 20.8 Å². The topological polar surface area (TPSA) is 46.2 Å². The summed E-state index contributed by atoms with van der Waals surface area (Å²) in [5.74, 6) is -3.18. The fourth-order valence-electron chi connectivity index (χ4n) is 2.29. The van der Waals surface area contributed by atoms with Gasteiger partial charge in [0.1, 0.15) is 11.6 Å². The molecule has 0 spiro atoms. The van der Waals surface area contributed by atoms with Gasteiger partial charge in [-0.3, -0.25) is 14.9 Å². The zero-order valence-corrected chi connectivity index (χ0v) is 16.5. The minimum atomic E-state index is -0.919. The van der Waals surface area contributed by atoms with Gasteiger partial charge in [-0.15, -0.1) is 0 Å². The lowest BCUT2D eigenvalue weighted by Gasteiger charge is -2.20. The minimum Gasteiger partial charge on any atom is -0.288 e. The van der Waals surface area contributed by atoms with E-state index in [1.807, 2.05) is 0 Å². The Morgan fingerprint density at radius 2 is 1.64 bits per heavy atom. The predicted octanol–water partition coefficient (Wildman–Crippen LogP) is 5.40. The van der Waals surface area contributed by atoms with Crippen molar-refractivity contribution in [3.05, 3.63) is 82.4 Å². The number of hydrogen-bond donors (Lipinski definition) is 1. The number of amides is 2. The average Bonchev–Trinajstić information content (AvgIpc) is 2.60. The van der Waals surface area contributed by atoms with Crippen LogP contribution in [0.3, 0.4) is 0 Å². The van der Waals surface area contributed by atoms with Crippen LogP contribution in [0.4, 0.5) is 8.78 Å². The predicted molar refractivity (Wildman–Crippen MR) is 107 cm³/mol. The van der Waals surface area contributed by atoms with Crippen molar-refractivity contribution in [3.8, 4) is 0 Å². The zero-order valence-electron chi connectivity index (χ0n) is 15.8. The third-order valence-electron chi connectivity index (χ3n) is 4.05. The van der Waals surface area contributed by atoms with E-state index in [0.29, 0.717) is 16.7 Å². The fourth-order valence-corrected chi connectivity index (χ4v) is 2.41. The van der Waals surface area contributed by atoms with Crippen LogP contribution in [0.25, 0.3) is 11.6 Å². The molecular formula is C22H20ClF2NO2. The number of benzene rings is 2. The molecule has 0 aliphatic heterocycles. The molecular weight excluding hydrogens is 384 g/mol. The van der Waals surface area contributed by atoms with Crippen LogP contribution in [-0.2, 0) is 9.59 Å². The van der Waals surface area contributed by atoms with Gasteiger partial charge in [-0.2, -0.15) is 0 Å². The summed E-state index contributed by atoms with van der Waals surface area (Å²) in [5, 5.41) is 2.72. The summed E-state index contributed by atoms with van der Waals surface area (Å²) < 4.78 is 27.6. The first-order valence-corrected chi connectivity index (χ1v) is 8.84. The van der Waals surface area contributed by atoms with Gasteiger partial charge in [0.05, 0.1) is 5.57 Å². The van der Waals surface area contributed by atoms with E-state index in [0.717, 1.165) is 12.1 Å². The largest absolute Gasteiger partial charge is 0.288 e. The Labute approximate surface area is 167 Å². The van der Waals surface area contributed by atoms with Crippen LogP contribution in [0.1, 0.15) is 31.9 Å². The Hall–Kier alpha value is -2.79. The Morgan fingerprint density at radius 1 is 1.04 bits per heavy atom. The summed E-state index contributed by atoms with van der Waals surface area (Å²) in [4.78, 5) is 25.1. The first-order valence-electron chi connectivity index (χ1n) is 8.47. The van der Waals surface area contributed by atoms with Gasteiger partial charge < -0.3 is 0 Å². The lowest BCUT2D eigenvalue weighted by atomic mass is 9.87. The number of carbonyl (C=O) groups excluding carboxylic acids is 2. The third kappa shape index (κ3) is 5.36. The van der Waals surface area contributed by atoms with Crippen LogP contribution in [0, 0.1) is 17.0 Å². The van der Waals surface area contributed by atoms with Crippen molar-refractivity contribution in [2.75, 3.05) is 0 Å². The van der Waals surface area contributed by atoms with E-state index < -0.39 is 28.9 Å². The number of hydrogen-bond acceptors (Lipinski definition) is 2. The number of halogens is 3. The molecule has 0 saturated carbocycles. The monoisotopic (exact) mass is 403 g/mol. The van der Waals surface area contributed by atoms with Gasteiger partial charge in [-0.25, -0.2) is 8.78 Å². The highest BCUT2D eigenvalue weighted by atomic mass is 35.5. The minimum absolute atomic E-state index is 0.130. The Bertz CT molecular complexity index is 957. The zero-order chi connectivity index (χ0) is 21.1. The molecule has 6 heteroatoms. The van der Waals surface area contributed by atoms with E-state index in [1.54, 1.807) is 45.0 Å². The molecule has 146 valence electrons. The second-order valence-electron chi connectivity index (χ2n) is 7.25. The molecule has 0 saturated heterocycles. The molecule has 0 unspecified atom stereocenters. The molecule has 2 amide bonds. The molecule has 0 radical (unpaired) electrons. The second kappa shape index (κ2) is 8.48. The first kappa shape index (κ1) is 21.5. The molecule has 2 rings (SSSR count). The fraction of sp³-hybridized carbons (Fsp3) is 0.182. The summed E-state index contributed by atoms with van der Waals surface area (Å²) >= 11 is 5.86. The summed E-state index contributed by atoms with van der Waals surface area (Å²) in [7, 11) is 0. The first-order chi connectivity index (χ1) is 13.0. The van der Waals surface area contributed by atoms with Crippen LogP contribution >= 0.6 is 11.6 Å². The number of rotatable bonds is 4. The summed E-state index contributed by atoms with van der Waals surface area (Å²) in [6.07, 6.45) is 1.40. The number of carbonyl (C=O) groups is 2. The highest BCUT2D eigenvalue weighted by Gasteiger charge is 2.25. The number of nitrogens with one attached hydrogen (secondary N) is 1. The highest BCUT2D eigenvalue weighted by Crippen LogP contribution is 2.26. The van der Waals surface area contributed by atoms with Gasteiger partial charge in [0.2, 0.25) is 0 Å². The average molecular weight is 404 g/mol. The van der Waals surface area contributed by atoms with Crippen LogP contribution in [0.15, 0.2) is 54.6 Å². The lowest BCUT2D eigenvalue weighted by molar-refractivity contribution is -0.125. The second-order valence-corrected chi connectivity index (χ2v) is 7.68.